The highest BCUT2D eigenvalue weighted by molar-refractivity contribution is 6.30. The molecule has 1 aliphatic heterocycles. The van der Waals surface area contributed by atoms with Gasteiger partial charge in [0.25, 0.3) is 5.95 Å². The summed E-state index contributed by atoms with van der Waals surface area (Å²) in [5.74, 6) is 2.41. The molecule has 0 aliphatic carbocycles. The lowest BCUT2D eigenvalue weighted by Gasteiger charge is -2.25. The van der Waals surface area contributed by atoms with Gasteiger partial charge < -0.3 is 19.1 Å². The standard InChI is InChI=1S/C24H24ClN5O3/c1-15-11-17-13-20(31-2)21(32-3)14-19(17)22(16-5-4-6-18(25)12-16)30(15)24-26-23(27-28-24)29-7-9-33-10-8-29/h4-6,11-14H,7-10H2,1-3H3. The highest BCUT2D eigenvalue weighted by Gasteiger charge is 2.21. The molecule has 0 spiro atoms. The minimum atomic E-state index is 0.501. The topological polar surface area (TPSA) is 74.7 Å². The maximum absolute atomic E-state index is 6.38. The highest BCUT2D eigenvalue weighted by Crippen LogP contribution is 2.37. The van der Waals surface area contributed by atoms with Gasteiger partial charge in [-0.2, -0.15) is 4.98 Å². The second kappa shape index (κ2) is 8.88. The fraction of sp³-hybridized carbons (Fsp3) is 0.292. The molecule has 0 bridgehead atoms. The van der Waals surface area contributed by atoms with Gasteiger partial charge in [-0.05, 0) is 42.6 Å². The van der Waals surface area contributed by atoms with Gasteiger partial charge in [0.1, 0.15) is 0 Å². The number of pyridine rings is 1. The molecule has 0 atom stereocenters. The van der Waals surface area contributed by atoms with Crippen LogP contribution in [0.3, 0.4) is 0 Å². The van der Waals surface area contributed by atoms with E-state index < -0.39 is 0 Å². The quantitative estimate of drug-likeness (QED) is 0.418. The molecule has 0 saturated carbocycles. The van der Waals surface area contributed by atoms with Crippen molar-refractivity contribution in [3.63, 3.8) is 0 Å². The van der Waals surface area contributed by atoms with Crippen molar-refractivity contribution in [1.82, 2.24) is 15.2 Å². The third-order valence-corrected chi connectivity index (χ3v) is 6.01. The minimum Gasteiger partial charge on any atom is -0.493 e. The predicted molar refractivity (Wildman–Crippen MR) is 126 cm³/mol. The van der Waals surface area contributed by atoms with Crippen LogP contribution in [0.25, 0.3) is 28.0 Å². The summed E-state index contributed by atoms with van der Waals surface area (Å²) in [6.45, 7) is 4.81. The molecule has 5 rings (SSSR count). The molecule has 0 unspecified atom stereocenters. The molecule has 3 heterocycles. The lowest BCUT2D eigenvalue weighted by atomic mass is 10.0. The zero-order valence-electron chi connectivity index (χ0n) is 18.7. The summed E-state index contributed by atoms with van der Waals surface area (Å²) >= 11 is 6.38. The number of rotatable bonds is 5. The SMILES string of the molecule is COc1cc2cc(C)[n+](-c3nnc(N4CCOCC4)[n-]3)c(-c3cccc(Cl)c3)c2cc1OC. The molecule has 4 aromatic rings. The monoisotopic (exact) mass is 465 g/mol. The van der Waals surface area contributed by atoms with E-state index in [4.69, 9.17) is 30.8 Å². The Balaban J connectivity index is 1.77. The van der Waals surface area contributed by atoms with Crippen LogP contribution in [0.2, 0.25) is 5.02 Å². The van der Waals surface area contributed by atoms with Crippen molar-refractivity contribution in [1.29, 1.82) is 0 Å². The van der Waals surface area contributed by atoms with E-state index in [1.165, 1.54) is 0 Å². The summed E-state index contributed by atoms with van der Waals surface area (Å²) in [5.41, 5.74) is 2.78. The summed E-state index contributed by atoms with van der Waals surface area (Å²) < 4.78 is 18.6. The molecule has 8 nitrogen and oxygen atoms in total. The molecule has 2 aromatic heterocycles. The highest BCUT2D eigenvalue weighted by atomic mass is 35.5. The number of aromatic nitrogens is 4. The molecule has 170 valence electrons. The Kier molecular flexibility index (Phi) is 5.78. The van der Waals surface area contributed by atoms with Crippen molar-refractivity contribution in [3.05, 3.63) is 53.2 Å². The van der Waals surface area contributed by atoms with Crippen LogP contribution in [0.5, 0.6) is 11.5 Å². The average Bonchev–Trinajstić information content (AvgIpc) is 3.32. The maximum Gasteiger partial charge on any atom is 0.257 e. The Labute approximate surface area is 196 Å². The van der Waals surface area contributed by atoms with Crippen LogP contribution in [0, 0.1) is 6.92 Å². The van der Waals surface area contributed by atoms with Gasteiger partial charge in [0.05, 0.1) is 33.1 Å². The number of hydrogen-bond donors (Lipinski definition) is 0. The van der Waals surface area contributed by atoms with E-state index in [1.54, 1.807) is 14.2 Å². The lowest BCUT2D eigenvalue weighted by molar-refractivity contribution is -0.597. The summed E-state index contributed by atoms with van der Waals surface area (Å²) in [5, 5.41) is 11.4. The first-order chi connectivity index (χ1) is 16.1. The van der Waals surface area contributed by atoms with Crippen LogP contribution in [0.4, 0.5) is 5.95 Å². The summed E-state index contributed by atoms with van der Waals surface area (Å²) in [4.78, 5) is 6.87. The van der Waals surface area contributed by atoms with E-state index in [-0.39, 0.29) is 0 Å². The fourth-order valence-electron chi connectivity index (χ4n) is 4.20. The Morgan fingerprint density at radius 2 is 1.79 bits per heavy atom. The number of methoxy groups -OCH3 is 2. The second-order valence-electron chi connectivity index (χ2n) is 7.79. The second-order valence-corrected chi connectivity index (χ2v) is 8.22. The first-order valence-corrected chi connectivity index (χ1v) is 11.0. The summed E-state index contributed by atoms with van der Waals surface area (Å²) in [7, 11) is 3.26. The van der Waals surface area contributed by atoms with Gasteiger partial charge in [0.15, 0.2) is 11.5 Å². The number of nitrogens with zero attached hydrogens (tertiary/aromatic N) is 5. The van der Waals surface area contributed by atoms with E-state index in [0.29, 0.717) is 41.6 Å². The molecule has 0 N–H and O–H groups in total. The number of ether oxygens (including phenoxy) is 3. The van der Waals surface area contributed by atoms with Crippen LogP contribution in [0.1, 0.15) is 5.69 Å². The summed E-state index contributed by atoms with van der Waals surface area (Å²) in [6, 6.07) is 13.8. The number of fused-ring (bicyclic) bond motifs is 1. The maximum atomic E-state index is 6.38. The van der Waals surface area contributed by atoms with Crippen LogP contribution in [-0.2, 0) is 4.74 Å². The minimum absolute atomic E-state index is 0.501. The zero-order chi connectivity index (χ0) is 22.9. The van der Waals surface area contributed by atoms with Crippen LogP contribution in [0.15, 0.2) is 42.5 Å². The number of morpholine rings is 1. The van der Waals surface area contributed by atoms with Gasteiger partial charge in [0, 0.05) is 34.8 Å². The first-order valence-electron chi connectivity index (χ1n) is 10.7. The Morgan fingerprint density at radius 1 is 1.03 bits per heavy atom. The van der Waals surface area contributed by atoms with Crippen molar-refractivity contribution in [2.45, 2.75) is 6.92 Å². The third kappa shape index (κ3) is 3.96. The fourth-order valence-corrected chi connectivity index (χ4v) is 4.39. The van der Waals surface area contributed by atoms with Gasteiger partial charge >= 0.3 is 0 Å². The van der Waals surface area contributed by atoms with Crippen molar-refractivity contribution in [2.75, 3.05) is 45.4 Å². The molecule has 9 heteroatoms. The normalized spacial score (nSPS) is 14.0. The molecular weight excluding hydrogens is 442 g/mol. The van der Waals surface area contributed by atoms with Gasteiger partial charge in [-0.25, -0.2) is 0 Å². The molecule has 1 fully saturated rings. The lowest BCUT2D eigenvalue weighted by Crippen LogP contribution is -2.40. The van der Waals surface area contributed by atoms with Crippen LogP contribution in [-0.4, -0.2) is 50.7 Å². The van der Waals surface area contributed by atoms with Crippen molar-refractivity contribution in [3.8, 4) is 28.7 Å². The Bertz CT molecular complexity index is 1320. The molecule has 0 amide bonds. The smallest absolute Gasteiger partial charge is 0.257 e. The van der Waals surface area contributed by atoms with Crippen molar-refractivity contribution in [2.24, 2.45) is 0 Å². The van der Waals surface area contributed by atoms with Crippen molar-refractivity contribution >= 4 is 28.3 Å². The van der Waals surface area contributed by atoms with Gasteiger partial charge in [-0.15, -0.1) is 10.2 Å². The molecule has 1 saturated heterocycles. The van der Waals surface area contributed by atoms with E-state index in [0.717, 1.165) is 40.8 Å². The molecule has 0 radical (unpaired) electrons. The summed E-state index contributed by atoms with van der Waals surface area (Å²) in [6.07, 6.45) is 0. The van der Waals surface area contributed by atoms with Gasteiger partial charge in [0.2, 0.25) is 5.95 Å². The largest absolute Gasteiger partial charge is 0.493 e. The Hall–Kier alpha value is -3.36. The van der Waals surface area contributed by atoms with Crippen LogP contribution < -0.4 is 23.9 Å². The van der Waals surface area contributed by atoms with Gasteiger partial charge in [-0.3, -0.25) is 4.57 Å². The van der Waals surface area contributed by atoms with E-state index in [2.05, 4.69) is 21.2 Å². The Morgan fingerprint density at radius 3 is 2.52 bits per heavy atom. The number of aryl methyl sites for hydroxylation is 1. The number of hydrogen-bond acceptors (Lipinski definition) is 6. The average molecular weight is 466 g/mol. The molecule has 1 aliphatic rings. The number of halogens is 1. The van der Waals surface area contributed by atoms with E-state index in [9.17, 15) is 0 Å². The first kappa shape index (κ1) is 21.5. The van der Waals surface area contributed by atoms with E-state index in [1.807, 2.05) is 47.9 Å². The van der Waals surface area contributed by atoms with Gasteiger partial charge in [-0.1, -0.05) is 23.7 Å². The zero-order valence-corrected chi connectivity index (χ0v) is 19.5. The van der Waals surface area contributed by atoms with Crippen molar-refractivity contribution < 1.29 is 18.8 Å². The van der Waals surface area contributed by atoms with E-state index >= 15 is 0 Å². The number of benzene rings is 2. The number of anilines is 1. The van der Waals surface area contributed by atoms with Crippen LogP contribution >= 0.6 is 11.6 Å². The molecule has 33 heavy (non-hydrogen) atoms. The molecular formula is C24H24ClN5O3. The predicted octanol–water partition coefficient (Wildman–Crippen LogP) is 3.35. The third-order valence-electron chi connectivity index (χ3n) is 5.77. The molecule has 2 aromatic carbocycles.